The number of para-hydroxylation sites is 1. The number of H-pyrrole nitrogens is 1. The van der Waals surface area contributed by atoms with Gasteiger partial charge in [-0.25, -0.2) is 9.49 Å². The Bertz CT molecular complexity index is 589. The van der Waals surface area contributed by atoms with Gasteiger partial charge < -0.3 is 5.32 Å². The second-order valence-corrected chi connectivity index (χ2v) is 3.24. The van der Waals surface area contributed by atoms with E-state index >= 15 is 0 Å². The zero-order valence-corrected chi connectivity index (χ0v) is 8.61. The molecule has 0 atom stereocenters. The summed E-state index contributed by atoms with van der Waals surface area (Å²) in [6.45, 7) is 0. The highest BCUT2D eigenvalue weighted by atomic mass is 19.1. The molecular weight excluding hydrogens is 225 g/mol. The maximum atomic E-state index is 13.2. The van der Waals surface area contributed by atoms with Crippen LogP contribution in [0, 0.1) is 5.82 Å². The number of hydrogen-bond acceptors (Lipinski definition) is 3. The third-order valence-electron chi connectivity index (χ3n) is 2.03. The lowest BCUT2D eigenvalue weighted by molar-refractivity contribution is 0.102. The minimum Gasteiger partial charge on any atom is -0.318 e. The van der Waals surface area contributed by atoms with E-state index < -0.39 is 17.3 Å². The van der Waals surface area contributed by atoms with Gasteiger partial charge in [0.05, 0.1) is 5.69 Å². The molecular formula is C11H8FN3O2. The number of hydrogen-bond donors (Lipinski definition) is 2. The van der Waals surface area contributed by atoms with Gasteiger partial charge in [0, 0.05) is 6.07 Å². The van der Waals surface area contributed by atoms with E-state index in [0.717, 1.165) is 0 Å². The van der Waals surface area contributed by atoms with Crippen molar-refractivity contribution in [3.63, 3.8) is 0 Å². The van der Waals surface area contributed by atoms with Crippen LogP contribution in [-0.2, 0) is 0 Å². The lowest BCUT2D eigenvalue weighted by Gasteiger charge is -2.04. The van der Waals surface area contributed by atoms with E-state index in [1.807, 2.05) is 0 Å². The van der Waals surface area contributed by atoms with Crippen molar-refractivity contribution in [3.8, 4) is 0 Å². The molecule has 5 nitrogen and oxygen atoms in total. The second kappa shape index (κ2) is 4.56. The highest BCUT2D eigenvalue weighted by Gasteiger charge is 2.09. The molecule has 2 rings (SSSR count). The molecule has 0 bridgehead atoms. The largest absolute Gasteiger partial charge is 0.318 e. The van der Waals surface area contributed by atoms with Crippen LogP contribution < -0.4 is 10.9 Å². The minimum absolute atomic E-state index is 0.00727. The quantitative estimate of drug-likeness (QED) is 0.817. The fourth-order valence-corrected chi connectivity index (χ4v) is 1.22. The van der Waals surface area contributed by atoms with Gasteiger partial charge in [-0.2, -0.15) is 5.10 Å². The van der Waals surface area contributed by atoms with Crippen LogP contribution in [0.1, 0.15) is 10.5 Å². The predicted molar refractivity (Wildman–Crippen MR) is 59.2 cm³/mol. The van der Waals surface area contributed by atoms with Crippen LogP contribution in [0.15, 0.2) is 41.2 Å². The van der Waals surface area contributed by atoms with E-state index in [0.29, 0.717) is 0 Å². The van der Waals surface area contributed by atoms with E-state index in [-0.39, 0.29) is 11.4 Å². The Kier molecular flexibility index (Phi) is 2.95. The van der Waals surface area contributed by atoms with Crippen LogP contribution in [0.4, 0.5) is 10.1 Å². The van der Waals surface area contributed by atoms with Crippen molar-refractivity contribution in [2.75, 3.05) is 5.32 Å². The molecule has 1 aromatic carbocycles. The number of anilines is 1. The molecule has 0 aliphatic heterocycles. The Morgan fingerprint density at radius 2 is 2.00 bits per heavy atom. The van der Waals surface area contributed by atoms with E-state index in [4.69, 9.17) is 0 Å². The summed E-state index contributed by atoms with van der Waals surface area (Å²) in [7, 11) is 0. The molecule has 1 aromatic heterocycles. The average Bonchev–Trinajstić information content (AvgIpc) is 2.33. The maximum absolute atomic E-state index is 13.2. The SMILES string of the molecule is O=C(Nc1ccccc1F)c1ccc(=O)[nH]n1. The number of benzene rings is 1. The van der Waals surface area contributed by atoms with Gasteiger partial charge in [0.15, 0.2) is 0 Å². The lowest BCUT2D eigenvalue weighted by Crippen LogP contribution is -2.18. The normalized spacial score (nSPS) is 9.94. The zero-order valence-electron chi connectivity index (χ0n) is 8.61. The standard InChI is InChI=1S/C11H8FN3O2/c12-7-3-1-2-4-8(7)13-11(17)9-5-6-10(16)15-14-9/h1-6H,(H,13,17)(H,15,16). The summed E-state index contributed by atoms with van der Waals surface area (Å²) in [5, 5.41) is 8.00. The molecule has 0 spiro atoms. The molecule has 0 radical (unpaired) electrons. The summed E-state index contributed by atoms with van der Waals surface area (Å²) in [4.78, 5) is 22.4. The Morgan fingerprint density at radius 1 is 1.24 bits per heavy atom. The van der Waals surface area contributed by atoms with Crippen LogP contribution >= 0.6 is 0 Å². The first-order chi connectivity index (χ1) is 8.16. The van der Waals surface area contributed by atoms with E-state index in [1.54, 1.807) is 6.07 Å². The third-order valence-corrected chi connectivity index (χ3v) is 2.03. The smallest absolute Gasteiger partial charge is 0.276 e. The number of nitrogens with zero attached hydrogens (tertiary/aromatic N) is 1. The topological polar surface area (TPSA) is 74.8 Å². The van der Waals surface area contributed by atoms with Crippen molar-refractivity contribution in [2.45, 2.75) is 0 Å². The fourth-order valence-electron chi connectivity index (χ4n) is 1.22. The highest BCUT2D eigenvalue weighted by Crippen LogP contribution is 2.12. The van der Waals surface area contributed by atoms with Gasteiger partial charge in [-0.05, 0) is 18.2 Å². The first-order valence-electron chi connectivity index (χ1n) is 4.78. The van der Waals surface area contributed by atoms with Gasteiger partial charge in [0.1, 0.15) is 11.5 Å². The molecule has 1 amide bonds. The van der Waals surface area contributed by atoms with Crippen molar-refractivity contribution in [1.82, 2.24) is 10.2 Å². The van der Waals surface area contributed by atoms with Crippen LogP contribution in [0.5, 0.6) is 0 Å². The van der Waals surface area contributed by atoms with Crippen molar-refractivity contribution in [2.24, 2.45) is 0 Å². The monoisotopic (exact) mass is 233 g/mol. The summed E-state index contributed by atoms with van der Waals surface area (Å²) in [6, 6.07) is 8.20. The molecule has 0 saturated heterocycles. The number of carbonyl (C=O) groups is 1. The van der Waals surface area contributed by atoms with Gasteiger partial charge in [0.25, 0.3) is 11.5 Å². The van der Waals surface area contributed by atoms with Gasteiger partial charge in [-0.15, -0.1) is 0 Å². The predicted octanol–water partition coefficient (Wildman–Crippen LogP) is 1.16. The number of aromatic amines is 1. The van der Waals surface area contributed by atoms with E-state index in [2.05, 4.69) is 15.5 Å². The summed E-state index contributed by atoms with van der Waals surface area (Å²) < 4.78 is 13.2. The molecule has 2 N–H and O–H groups in total. The summed E-state index contributed by atoms with van der Waals surface area (Å²) >= 11 is 0. The molecule has 0 saturated carbocycles. The number of amides is 1. The Hall–Kier alpha value is -2.50. The van der Waals surface area contributed by atoms with Crippen molar-refractivity contribution in [1.29, 1.82) is 0 Å². The second-order valence-electron chi connectivity index (χ2n) is 3.24. The highest BCUT2D eigenvalue weighted by molar-refractivity contribution is 6.02. The molecule has 0 aliphatic rings. The van der Waals surface area contributed by atoms with Crippen LogP contribution in [-0.4, -0.2) is 16.1 Å². The van der Waals surface area contributed by atoms with E-state index in [1.165, 1.54) is 30.3 Å². The van der Waals surface area contributed by atoms with Crippen molar-refractivity contribution >= 4 is 11.6 Å². The number of carbonyl (C=O) groups excluding carboxylic acids is 1. The summed E-state index contributed by atoms with van der Waals surface area (Å²) in [5.74, 6) is -1.13. The lowest BCUT2D eigenvalue weighted by atomic mass is 10.3. The molecule has 17 heavy (non-hydrogen) atoms. The Morgan fingerprint density at radius 3 is 2.65 bits per heavy atom. The molecule has 0 unspecified atom stereocenters. The van der Waals surface area contributed by atoms with Gasteiger partial charge >= 0.3 is 0 Å². The van der Waals surface area contributed by atoms with E-state index in [9.17, 15) is 14.0 Å². The number of aromatic nitrogens is 2. The van der Waals surface area contributed by atoms with Crippen molar-refractivity contribution < 1.29 is 9.18 Å². The van der Waals surface area contributed by atoms with Gasteiger partial charge in [0.2, 0.25) is 0 Å². The summed E-state index contributed by atoms with van der Waals surface area (Å²) in [6.07, 6.45) is 0. The van der Waals surface area contributed by atoms with Gasteiger partial charge in [-0.3, -0.25) is 9.59 Å². The minimum atomic E-state index is -0.591. The van der Waals surface area contributed by atoms with Crippen LogP contribution in [0.3, 0.4) is 0 Å². The maximum Gasteiger partial charge on any atom is 0.276 e. The average molecular weight is 233 g/mol. The van der Waals surface area contributed by atoms with Crippen LogP contribution in [0.25, 0.3) is 0 Å². The molecule has 0 fully saturated rings. The third kappa shape index (κ3) is 2.54. The number of halogens is 1. The molecule has 6 heteroatoms. The van der Waals surface area contributed by atoms with Crippen molar-refractivity contribution in [3.05, 3.63) is 58.3 Å². The summed E-state index contributed by atoms with van der Waals surface area (Å²) in [5.41, 5.74) is -0.342. The van der Waals surface area contributed by atoms with Crippen LogP contribution in [0.2, 0.25) is 0 Å². The molecule has 1 heterocycles. The first-order valence-corrected chi connectivity index (χ1v) is 4.78. The molecule has 2 aromatic rings. The molecule has 0 aliphatic carbocycles. The Balaban J connectivity index is 2.20. The van der Waals surface area contributed by atoms with Gasteiger partial charge in [-0.1, -0.05) is 12.1 Å². The first kappa shape index (κ1) is 11.0. The number of nitrogens with one attached hydrogen (secondary N) is 2. The molecule has 86 valence electrons. The number of rotatable bonds is 2. The Labute approximate surface area is 95.3 Å². The fraction of sp³-hybridized carbons (Fsp3) is 0. The zero-order chi connectivity index (χ0) is 12.3.